The van der Waals surface area contributed by atoms with Gasteiger partial charge >= 0.3 is 6.18 Å². The highest BCUT2D eigenvalue weighted by Crippen LogP contribution is 2.51. The van der Waals surface area contributed by atoms with Crippen LogP contribution in [0.1, 0.15) is 46.6 Å². The Kier molecular flexibility index (Phi) is 6.63. The van der Waals surface area contributed by atoms with Gasteiger partial charge in [0.15, 0.2) is 17.4 Å². The molecule has 0 amide bonds. The zero-order valence-electron chi connectivity index (χ0n) is 22.2. The largest absolute Gasteiger partial charge is 0.409 e. The summed E-state index contributed by atoms with van der Waals surface area (Å²) >= 11 is 0. The fourth-order valence-corrected chi connectivity index (χ4v) is 7.52. The van der Waals surface area contributed by atoms with E-state index in [-0.39, 0.29) is 37.2 Å². The second-order valence-corrected chi connectivity index (χ2v) is 12.8. The predicted octanol–water partition coefficient (Wildman–Crippen LogP) is 4.70. The van der Waals surface area contributed by atoms with Gasteiger partial charge in [0.05, 0.1) is 34.4 Å². The third kappa shape index (κ3) is 4.93. The second kappa shape index (κ2) is 9.96. The minimum Gasteiger partial charge on any atom is -0.291 e. The Morgan fingerprint density at radius 2 is 1.88 bits per heavy atom. The van der Waals surface area contributed by atoms with E-state index in [9.17, 15) is 30.8 Å². The fourth-order valence-electron chi connectivity index (χ4n) is 5.84. The summed E-state index contributed by atoms with van der Waals surface area (Å²) in [5.74, 6) is -0.746. The molecule has 3 aromatic heterocycles. The second-order valence-electron chi connectivity index (χ2n) is 10.7. The molecule has 2 aliphatic rings. The monoisotopic (exact) mass is 600 g/mol. The molecule has 9 nitrogen and oxygen atoms in total. The minimum absolute atomic E-state index is 0.122. The Morgan fingerprint density at radius 3 is 2.60 bits per heavy atom. The summed E-state index contributed by atoms with van der Waals surface area (Å²) in [6.07, 6.45) is 1.51. The number of aryl methyl sites for hydroxylation is 1. The number of ketones is 1. The third-order valence-electron chi connectivity index (χ3n) is 7.84. The Morgan fingerprint density at radius 1 is 1.12 bits per heavy atom. The molecule has 42 heavy (non-hydrogen) atoms. The molecule has 2 aliphatic carbocycles. The van der Waals surface area contributed by atoms with Crippen molar-refractivity contribution >= 4 is 21.7 Å². The third-order valence-corrected chi connectivity index (χ3v) is 9.89. The van der Waals surface area contributed by atoms with Crippen molar-refractivity contribution in [2.75, 3.05) is 0 Å². The van der Waals surface area contributed by atoms with Gasteiger partial charge < -0.3 is 0 Å². The van der Waals surface area contributed by atoms with Crippen LogP contribution in [0.2, 0.25) is 0 Å². The topological polar surface area (TPSA) is 113 Å². The molecule has 0 unspecified atom stereocenters. The van der Waals surface area contributed by atoms with E-state index in [1.807, 2.05) is 13.0 Å². The first kappa shape index (κ1) is 27.9. The summed E-state index contributed by atoms with van der Waals surface area (Å²) < 4.78 is 81.1. The van der Waals surface area contributed by atoms with Crippen LogP contribution in [0.3, 0.4) is 0 Å². The lowest BCUT2D eigenvalue weighted by Gasteiger charge is -2.43. The average Bonchev–Trinajstić information content (AvgIpc) is 3.57. The first-order valence-corrected chi connectivity index (χ1v) is 14.6. The van der Waals surface area contributed by atoms with Gasteiger partial charge in [-0.1, -0.05) is 5.57 Å². The number of Topliss-reactive ketones (excluding diaryl/α,β-unsaturated/α-hetero) is 1. The van der Waals surface area contributed by atoms with E-state index in [0.717, 1.165) is 11.8 Å². The number of sulfone groups is 1. The molecule has 0 radical (unpaired) electrons. The molecule has 0 aliphatic heterocycles. The normalized spacial score (nSPS) is 20.5. The van der Waals surface area contributed by atoms with E-state index in [0.29, 0.717) is 27.3 Å². The van der Waals surface area contributed by atoms with Crippen LogP contribution in [-0.2, 0) is 22.8 Å². The van der Waals surface area contributed by atoms with E-state index >= 15 is 0 Å². The summed E-state index contributed by atoms with van der Waals surface area (Å²) in [6, 6.07) is 9.19. The van der Waals surface area contributed by atoms with Gasteiger partial charge in [-0.2, -0.15) is 28.2 Å². The minimum atomic E-state index is -4.62. The van der Waals surface area contributed by atoms with Crippen molar-refractivity contribution in [1.82, 2.24) is 29.8 Å². The van der Waals surface area contributed by atoms with Crippen molar-refractivity contribution in [3.8, 4) is 5.69 Å². The van der Waals surface area contributed by atoms with Crippen molar-refractivity contribution in [3.63, 3.8) is 0 Å². The smallest absolute Gasteiger partial charge is 0.291 e. The SMILES string of the molecule is Cc1ccnc(C(=O)[C@]23Cc4cnn(-c5ccc(F)cc5)c4C=C2CC[C@H](S(=O)(=O)c2cnn(CC(F)(F)F)n2)C3)c1. The summed E-state index contributed by atoms with van der Waals surface area (Å²) in [5.41, 5.74) is 2.42. The van der Waals surface area contributed by atoms with Crippen LogP contribution >= 0.6 is 0 Å². The summed E-state index contributed by atoms with van der Waals surface area (Å²) in [4.78, 5) is 18.9. The maximum absolute atomic E-state index is 14.3. The van der Waals surface area contributed by atoms with E-state index < -0.39 is 44.1 Å². The molecule has 1 saturated carbocycles. The van der Waals surface area contributed by atoms with Crippen molar-refractivity contribution in [1.29, 1.82) is 0 Å². The van der Waals surface area contributed by atoms with Crippen molar-refractivity contribution in [3.05, 3.63) is 88.9 Å². The summed E-state index contributed by atoms with van der Waals surface area (Å²) in [6.45, 7) is 0.291. The van der Waals surface area contributed by atoms with Gasteiger partial charge in [0.25, 0.3) is 0 Å². The van der Waals surface area contributed by atoms with Gasteiger partial charge in [0, 0.05) is 6.20 Å². The van der Waals surface area contributed by atoms with E-state index in [1.165, 1.54) is 18.3 Å². The van der Waals surface area contributed by atoms with Crippen LogP contribution in [0.15, 0.2) is 65.6 Å². The molecule has 0 bridgehead atoms. The van der Waals surface area contributed by atoms with Gasteiger partial charge in [0.2, 0.25) is 9.84 Å². The standard InChI is InChI=1S/C28H24F4N6O3S/c1-17-8-9-33-23(10-17)26(39)27-12-18-14-35-38(21-5-3-20(29)4-6-21)24(18)11-19(27)2-7-22(13-27)42(40,41)25-15-34-37(36-25)16-28(30,31)32/h3-6,8-11,14-15,22H,2,7,12-13,16H2,1H3/t22-,27-/m0/s1. The number of pyridine rings is 1. The Hall–Kier alpha value is -4.20. The Labute approximate surface area is 237 Å². The lowest BCUT2D eigenvalue weighted by atomic mass is 9.61. The molecule has 0 saturated heterocycles. The van der Waals surface area contributed by atoms with Crippen molar-refractivity contribution in [2.24, 2.45) is 5.41 Å². The number of halogens is 4. The highest BCUT2D eigenvalue weighted by molar-refractivity contribution is 7.92. The van der Waals surface area contributed by atoms with E-state index in [4.69, 9.17) is 0 Å². The molecule has 4 aromatic rings. The molecule has 218 valence electrons. The number of allylic oxidation sites excluding steroid dienone is 1. The van der Waals surface area contributed by atoms with Crippen LogP contribution in [0.25, 0.3) is 11.8 Å². The van der Waals surface area contributed by atoms with Crippen LogP contribution in [0.4, 0.5) is 17.6 Å². The van der Waals surface area contributed by atoms with Gasteiger partial charge in [-0.25, -0.2) is 17.5 Å². The van der Waals surface area contributed by atoms with Crippen LogP contribution in [-0.4, -0.2) is 55.4 Å². The molecular formula is C28H24F4N6O3S. The van der Waals surface area contributed by atoms with Gasteiger partial charge in [-0.05, 0) is 86.2 Å². The maximum atomic E-state index is 14.3. The van der Waals surface area contributed by atoms with Crippen LogP contribution in [0, 0.1) is 18.2 Å². The Bertz CT molecular complexity index is 1830. The molecule has 1 aromatic carbocycles. The van der Waals surface area contributed by atoms with Gasteiger partial charge in [0.1, 0.15) is 11.5 Å². The molecule has 1 fully saturated rings. The number of carbonyl (C=O) groups is 1. The quantitative estimate of drug-likeness (QED) is 0.233. The Balaban J connectivity index is 1.41. The van der Waals surface area contributed by atoms with Gasteiger partial charge in [-0.3, -0.25) is 9.78 Å². The van der Waals surface area contributed by atoms with Crippen molar-refractivity contribution < 1.29 is 30.8 Å². The summed E-state index contributed by atoms with van der Waals surface area (Å²) in [5, 5.41) is 9.91. The molecule has 2 atom stereocenters. The lowest BCUT2D eigenvalue weighted by molar-refractivity contribution is -0.145. The number of alkyl halides is 3. The molecular weight excluding hydrogens is 576 g/mol. The number of hydrogen-bond donors (Lipinski definition) is 0. The lowest BCUT2D eigenvalue weighted by Crippen LogP contribution is -2.46. The number of benzene rings is 1. The molecule has 6 rings (SSSR count). The van der Waals surface area contributed by atoms with Crippen molar-refractivity contribution in [2.45, 2.75) is 55.6 Å². The first-order chi connectivity index (χ1) is 19.9. The molecule has 0 spiro atoms. The molecule has 3 heterocycles. The molecule has 14 heteroatoms. The number of rotatable bonds is 6. The molecule has 0 N–H and O–H groups in total. The zero-order valence-corrected chi connectivity index (χ0v) is 23.0. The number of fused-ring (bicyclic) bond motifs is 2. The van der Waals surface area contributed by atoms with Gasteiger partial charge in [-0.15, -0.1) is 5.10 Å². The first-order valence-electron chi connectivity index (χ1n) is 13.1. The average molecular weight is 601 g/mol. The van der Waals surface area contributed by atoms with Crippen LogP contribution in [0.5, 0.6) is 0 Å². The van der Waals surface area contributed by atoms with E-state index in [2.05, 4.69) is 20.3 Å². The highest BCUT2D eigenvalue weighted by Gasteiger charge is 2.52. The number of carbonyl (C=O) groups excluding carboxylic acids is 1. The fraction of sp³-hybridized carbons (Fsp3) is 0.321. The number of nitrogens with zero attached hydrogens (tertiary/aromatic N) is 6. The van der Waals surface area contributed by atoms with E-state index in [1.54, 1.807) is 35.1 Å². The van der Waals surface area contributed by atoms with Crippen LogP contribution < -0.4 is 0 Å². The number of aromatic nitrogens is 6. The summed E-state index contributed by atoms with van der Waals surface area (Å²) in [7, 11) is -4.25. The zero-order chi connectivity index (χ0) is 29.9. The predicted molar refractivity (Wildman–Crippen MR) is 142 cm³/mol. The maximum Gasteiger partial charge on any atom is 0.409 e. The highest BCUT2D eigenvalue weighted by atomic mass is 32.2. The number of hydrogen-bond acceptors (Lipinski definition) is 7.